The zero-order valence-corrected chi connectivity index (χ0v) is 12.9. The summed E-state index contributed by atoms with van der Waals surface area (Å²) in [6, 6.07) is 0. The Morgan fingerprint density at radius 3 is 2.95 bits per heavy atom. The molecule has 2 heterocycles. The van der Waals surface area contributed by atoms with Crippen LogP contribution < -0.4 is 0 Å². The molecule has 1 saturated heterocycles. The Balaban J connectivity index is 1.84. The smallest absolute Gasteiger partial charge is 0.239 e. The second kappa shape index (κ2) is 3.69. The van der Waals surface area contributed by atoms with Gasteiger partial charge in [-0.05, 0) is 38.2 Å². The molecule has 2 aliphatic carbocycles. The molecule has 20 heavy (non-hydrogen) atoms. The first-order valence-corrected chi connectivity index (χ1v) is 7.87. The molecule has 3 heteroatoms. The summed E-state index contributed by atoms with van der Waals surface area (Å²) in [6.45, 7) is 9.53. The molecule has 1 saturated carbocycles. The fourth-order valence-corrected chi connectivity index (χ4v) is 4.73. The van der Waals surface area contributed by atoms with Crippen molar-refractivity contribution in [3.05, 3.63) is 23.5 Å². The van der Waals surface area contributed by atoms with E-state index in [1.54, 1.807) is 0 Å². The lowest BCUT2D eigenvalue weighted by Gasteiger charge is -2.49. The first kappa shape index (κ1) is 12.9. The minimum Gasteiger partial charge on any atom is -0.465 e. The molecule has 0 radical (unpaired) electrons. The summed E-state index contributed by atoms with van der Waals surface area (Å²) >= 11 is 0. The lowest BCUT2D eigenvalue weighted by molar-refractivity contribution is -0.194. The van der Waals surface area contributed by atoms with Crippen molar-refractivity contribution >= 4 is 0 Å². The third-order valence-corrected chi connectivity index (χ3v) is 6.19. The van der Waals surface area contributed by atoms with E-state index >= 15 is 0 Å². The van der Waals surface area contributed by atoms with Gasteiger partial charge in [-0.1, -0.05) is 19.9 Å². The molecule has 4 aliphatic rings. The monoisotopic (exact) mass is 276 g/mol. The Bertz CT molecular complexity index is 522. The molecular weight excluding hydrogens is 252 g/mol. The van der Waals surface area contributed by atoms with Crippen LogP contribution in [0.4, 0.5) is 0 Å². The number of hydrogen-bond donors (Lipinski definition) is 0. The zero-order chi connectivity index (χ0) is 14.2. The van der Waals surface area contributed by atoms with Gasteiger partial charge in [0, 0.05) is 17.6 Å². The fraction of sp³-hybridized carbons (Fsp3) is 0.765. The van der Waals surface area contributed by atoms with Gasteiger partial charge >= 0.3 is 0 Å². The van der Waals surface area contributed by atoms with Crippen LogP contribution in [0.5, 0.6) is 0 Å². The molecule has 0 amide bonds. The van der Waals surface area contributed by atoms with Crippen LogP contribution in [-0.4, -0.2) is 24.1 Å². The molecule has 0 unspecified atom stereocenters. The first-order valence-electron chi connectivity index (χ1n) is 7.87. The van der Waals surface area contributed by atoms with Crippen molar-refractivity contribution in [2.45, 2.75) is 64.4 Å². The molecule has 0 aromatic carbocycles. The largest absolute Gasteiger partial charge is 0.465 e. The number of ether oxygens (including phenoxy) is 3. The highest BCUT2D eigenvalue weighted by Crippen LogP contribution is 2.68. The lowest BCUT2D eigenvalue weighted by atomic mass is 9.56. The van der Waals surface area contributed by atoms with Gasteiger partial charge in [-0.3, -0.25) is 0 Å². The molecule has 0 aromatic heterocycles. The maximum atomic E-state index is 6.23. The van der Waals surface area contributed by atoms with Crippen molar-refractivity contribution in [3.63, 3.8) is 0 Å². The summed E-state index contributed by atoms with van der Waals surface area (Å²) in [6.07, 6.45) is 7.92. The van der Waals surface area contributed by atoms with E-state index in [0.29, 0.717) is 18.6 Å². The van der Waals surface area contributed by atoms with Gasteiger partial charge in [-0.2, -0.15) is 0 Å². The van der Waals surface area contributed by atoms with Gasteiger partial charge in [-0.15, -0.1) is 0 Å². The third-order valence-electron chi connectivity index (χ3n) is 6.19. The maximum Gasteiger partial charge on any atom is 0.239 e. The molecule has 0 bridgehead atoms. The Hall–Kier alpha value is -0.800. The van der Waals surface area contributed by atoms with Crippen molar-refractivity contribution in [1.82, 2.24) is 0 Å². The molecular formula is C17H24O3. The van der Waals surface area contributed by atoms with Gasteiger partial charge in [-0.25, -0.2) is 0 Å². The molecule has 4 rings (SSSR count). The summed E-state index contributed by atoms with van der Waals surface area (Å²) in [4.78, 5) is 0. The number of hydrogen-bond acceptors (Lipinski definition) is 3. The van der Waals surface area contributed by atoms with Gasteiger partial charge in [0.2, 0.25) is 5.79 Å². The molecule has 2 fully saturated rings. The third kappa shape index (κ3) is 1.29. The SMILES string of the molecule is CCO[C@@]12C[C@@]34O[C@@H]3CC[C@H](C)[C@@]4(C)C=C1C(C)=CO2. The highest BCUT2D eigenvalue weighted by atomic mass is 16.7. The normalized spacial score (nSPS) is 52.2. The van der Waals surface area contributed by atoms with E-state index in [2.05, 4.69) is 26.8 Å². The number of rotatable bonds is 2. The van der Waals surface area contributed by atoms with E-state index in [4.69, 9.17) is 14.2 Å². The van der Waals surface area contributed by atoms with Crippen LogP contribution in [0.15, 0.2) is 23.5 Å². The average molecular weight is 276 g/mol. The van der Waals surface area contributed by atoms with Gasteiger partial charge in [0.15, 0.2) is 0 Å². The second-order valence-corrected chi connectivity index (χ2v) is 7.10. The Labute approximate surface area is 121 Å². The van der Waals surface area contributed by atoms with Crippen LogP contribution in [0.1, 0.15) is 47.0 Å². The summed E-state index contributed by atoms with van der Waals surface area (Å²) in [7, 11) is 0. The van der Waals surface area contributed by atoms with E-state index in [0.717, 1.165) is 6.42 Å². The second-order valence-electron chi connectivity index (χ2n) is 7.10. The van der Waals surface area contributed by atoms with Crippen LogP contribution in [0.2, 0.25) is 0 Å². The Morgan fingerprint density at radius 2 is 2.20 bits per heavy atom. The molecule has 3 nitrogen and oxygen atoms in total. The molecule has 5 atom stereocenters. The lowest BCUT2D eigenvalue weighted by Crippen LogP contribution is -2.54. The summed E-state index contributed by atoms with van der Waals surface area (Å²) in [5, 5.41) is 0. The van der Waals surface area contributed by atoms with Crippen molar-refractivity contribution in [3.8, 4) is 0 Å². The van der Waals surface area contributed by atoms with Crippen molar-refractivity contribution in [2.75, 3.05) is 6.61 Å². The fourth-order valence-electron chi connectivity index (χ4n) is 4.73. The number of epoxide rings is 1. The predicted molar refractivity (Wildman–Crippen MR) is 76.0 cm³/mol. The topological polar surface area (TPSA) is 31.0 Å². The first-order chi connectivity index (χ1) is 9.47. The van der Waals surface area contributed by atoms with Gasteiger partial charge in [0.25, 0.3) is 0 Å². The summed E-state index contributed by atoms with van der Waals surface area (Å²) in [5.41, 5.74) is 2.47. The van der Waals surface area contributed by atoms with Crippen LogP contribution >= 0.6 is 0 Å². The van der Waals surface area contributed by atoms with Gasteiger partial charge in [0.05, 0.1) is 18.8 Å². The van der Waals surface area contributed by atoms with E-state index in [-0.39, 0.29) is 11.0 Å². The van der Waals surface area contributed by atoms with Crippen molar-refractivity contribution < 1.29 is 14.2 Å². The van der Waals surface area contributed by atoms with Gasteiger partial charge < -0.3 is 14.2 Å². The maximum absolute atomic E-state index is 6.23. The Morgan fingerprint density at radius 1 is 1.40 bits per heavy atom. The van der Waals surface area contributed by atoms with E-state index in [9.17, 15) is 0 Å². The molecule has 0 aromatic rings. The minimum atomic E-state index is -0.593. The Kier molecular flexibility index (Phi) is 2.38. The van der Waals surface area contributed by atoms with E-state index in [1.807, 2.05) is 13.2 Å². The van der Waals surface area contributed by atoms with Crippen molar-refractivity contribution in [2.24, 2.45) is 11.3 Å². The van der Waals surface area contributed by atoms with E-state index in [1.165, 1.54) is 24.0 Å². The number of fused-ring (bicyclic) bond motifs is 1. The summed E-state index contributed by atoms with van der Waals surface area (Å²) in [5.74, 6) is 0.0474. The highest BCUT2D eigenvalue weighted by molar-refractivity contribution is 5.46. The highest BCUT2D eigenvalue weighted by Gasteiger charge is 2.75. The van der Waals surface area contributed by atoms with Gasteiger partial charge in [0.1, 0.15) is 5.60 Å². The standard InChI is InChI=1S/C17H24O3/c1-5-18-17-10-16-14(20-16)7-6-12(3)15(16,4)8-13(17)11(2)9-19-17/h8-9,12,14H,5-7,10H2,1-4H3/t12-,14+,15+,16+,17+/m0/s1. The molecule has 0 N–H and O–H groups in total. The summed E-state index contributed by atoms with van der Waals surface area (Å²) < 4.78 is 18.3. The zero-order valence-electron chi connectivity index (χ0n) is 12.9. The van der Waals surface area contributed by atoms with Crippen LogP contribution in [0.25, 0.3) is 0 Å². The molecule has 110 valence electrons. The predicted octanol–water partition coefficient (Wildman–Crippen LogP) is 3.56. The average Bonchev–Trinajstić information content (AvgIpc) is 3.04. The van der Waals surface area contributed by atoms with Crippen LogP contribution in [0.3, 0.4) is 0 Å². The van der Waals surface area contributed by atoms with Crippen LogP contribution in [0, 0.1) is 11.3 Å². The van der Waals surface area contributed by atoms with Crippen LogP contribution in [-0.2, 0) is 14.2 Å². The molecule has 2 aliphatic heterocycles. The minimum absolute atomic E-state index is 0.0677. The van der Waals surface area contributed by atoms with Crippen molar-refractivity contribution in [1.29, 1.82) is 0 Å². The molecule has 1 spiro atoms. The van der Waals surface area contributed by atoms with E-state index < -0.39 is 5.79 Å². The quantitative estimate of drug-likeness (QED) is 0.723.